The smallest absolute Gasteiger partial charge is 0.261 e. The molecular formula is C19H23NO2. The molecule has 0 aliphatic rings. The first-order chi connectivity index (χ1) is 10.6. The average molecular weight is 297 g/mol. The quantitative estimate of drug-likeness (QED) is 0.874. The van der Waals surface area contributed by atoms with Gasteiger partial charge in [0.1, 0.15) is 5.75 Å². The van der Waals surface area contributed by atoms with Crippen LogP contribution >= 0.6 is 0 Å². The maximum Gasteiger partial charge on any atom is 0.261 e. The van der Waals surface area contributed by atoms with Crippen molar-refractivity contribution in [2.75, 3.05) is 0 Å². The molecule has 3 nitrogen and oxygen atoms in total. The van der Waals surface area contributed by atoms with Gasteiger partial charge in [-0.15, -0.1) is 0 Å². The molecule has 0 spiro atoms. The Kier molecular flexibility index (Phi) is 5.59. The number of para-hydroxylation sites is 1. The molecule has 0 aliphatic carbocycles. The first kappa shape index (κ1) is 16.1. The van der Waals surface area contributed by atoms with E-state index in [1.165, 1.54) is 0 Å². The summed E-state index contributed by atoms with van der Waals surface area (Å²) < 4.78 is 5.88. The zero-order chi connectivity index (χ0) is 15.9. The van der Waals surface area contributed by atoms with Crippen molar-refractivity contribution in [2.24, 2.45) is 0 Å². The van der Waals surface area contributed by atoms with E-state index in [1.807, 2.05) is 75.4 Å². The van der Waals surface area contributed by atoms with Gasteiger partial charge in [0.15, 0.2) is 6.10 Å². The molecule has 0 heterocycles. The molecule has 0 bridgehead atoms. The van der Waals surface area contributed by atoms with Crippen LogP contribution in [0.3, 0.4) is 0 Å². The van der Waals surface area contributed by atoms with E-state index < -0.39 is 6.10 Å². The Labute approximate surface area is 132 Å². The van der Waals surface area contributed by atoms with Crippen LogP contribution in [0, 0.1) is 6.92 Å². The minimum Gasteiger partial charge on any atom is -0.480 e. The molecule has 2 atom stereocenters. The molecular weight excluding hydrogens is 274 g/mol. The van der Waals surface area contributed by atoms with Crippen LogP contribution in [-0.4, -0.2) is 12.0 Å². The predicted molar refractivity (Wildman–Crippen MR) is 88.9 cm³/mol. The number of carbonyl (C=O) groups is 1. The van der Waals surface area contributed by atoms with Crippen molar-refractivity contribution < 1.29 is 9.53 Å². The topological polar surface area (TPSA) is 38.3 Å². The summed E-state index contributed by atoms with van der Waals surface area (Å²) in [6, 6.07) is 17.6. The summed E-state index contributed by atoms with van der Waals surface area (Å²) in [6.45, 7) is 5.91. The number of nitrogens with one attached hydrogen (secondary N) is 1. The zero-order valence-electron chi connectivity index (χ0n) is 13.4. The van der Waals surface area contributed by atoms with E-state index in [4.69, 9.17) is 4.74 Å². The SMILES string of the molecule is CC[C@@H](Oc1ccccc1C)C(=O)N[C@H](C)c1ccccc1. The Hall–Kier alpha value is -2.29. The summed E-state index contributed by atoms with van der Waals surface area (Å²) in [5, 5.41) is 3.02. The molecule has 2 aromatic carbocycles. The third-order valence-corrected chi connectivity index (χ3v) is 3.68. The van der Waals surface area contributed by atoms with Crippen LogP contribution in [0.25, 0.3) is 0 Å². The summed E-state index contributed by atoms with van der Waals surface area (Å²) in [7, 11) is 0. The summed E-state index contributed by atoms with van der Waals surface area (Å²) >= 11 is 0. The molecule has 0 fully saturated rings. The number of amides is 1. The minimum atomic E-state index is -0.479. The Morgan fingerprint density at radius 1 is 1.09 bits per heavy atom. The van der Waals surface area contributed by atoms with E-state index in [9.17, 15) is 4.79 Å². The molecule has 0 radical (unpaired) electrons. The Morgan fingerprint density at radius 3 is 2.36 bits per heavy atom. The number of hydrogen-bond acceptors (Lipinski definition) is 2. The van der Waals surface area contributed by atoms with Gasteiger partial charge in [0.05, 0.1) is 6.04 Å². The molecule has 0 saturated heterocycles. The lowest BCUT2D eigenvalue weighted by atomic mass is 10.1. The molecule has 2 rings (SSSR count). The largest absolute Gasteiger partial charge is 0.480 e. The lowest BCUT2D eigenvalue weighted by molar-refractivity contribution is -0.128. The second kappa shape index (κ2) is 7.64. The lowest BCUT2D eigenvalue weighted by Gasteiger charge is -2.21. The van der Waals surface area contributed by atoms with Crippen LogP contribution in [0.15, 0.2) is 54.6 Å². The van der Waals surface area contributed by atoms with Gasteiger partial charge < -0.3 is 10.1 Å². The van der Waals surface area contributed by atoms with Crippen LogP contribution in [0.1, 0.15) is 37.4 Å². The van der Waals surface area contributed by atoms with Crippen molar-refractivity contribution >= 4 is 5.91 Å². The van der Waals surface area contributed by atoms with E-state index in [0.29, 0.717) is 6.42 Å². The van der Waals surface area contributed by atoms with Crippen LogP contribution < -0.4 is 10.1 Å². The Morgan fingerprint density at radius 2 is 1.73 bits per heavy atom. The highest BCUT2D eigenvalue weighted by molar-refractivity contribution is 5.81. The molecule has 0 saturated carbocycles. The summed E-state index contributed by atoms with van der Waals surface area (Å²) in [5.74, 6) is 0.680. The lowest BCUT2D eigenvalue weighted by Crippen LogP contribution is -2.39. The minimum absolute atomic E-state index is 0.0387. The molecule has 0 aliphatic heterocycles. The second-order valence-electron chi connectivity index (χ2n) is 5.42. The maximum absolute atomic E-state index is 12.4. The van der Waals surface area contributed by atoms with Crippen molar-refractivity contribution in [1.29, 1.82) is 0 Å². The average Bonchev–Trinajstić information content (AvgIpc) is 2.54. The van der Waals surface area contributed by atoms with E-state index in [2.05, 4.69) is 5.32 Å². The van der Waals surface area contributed by atoms with Crippen molar-refractivity contribution in [3.05, 3.63) is 65.7 Å². The van der Waals surface area contributed by atoms with Gasteiger partial charge in [-0.1, -0.05) is 55.5 Å². The number of aryl methyl sites for hydroxylation is 1. The zero-order valence-corrected chi connectivity index (χ0v) is 13.4. The third kappa shape index (κ3) is 4.10. The van der Waals surface area contributed by atoms with Gasteiger partial charge in [-0.05, 0) is 37.5 Å². The van der Waals surface area contributed by atoms with Gasteiger partial charge in [0.2, 0.25) is 0 Å². The maximum atomic E-state index is 12.4. The highest BCUT2D eigenvalue weighted by Crippen LogP contribution is 2.19. The molecule has 0 unspecified atom stereocenters. The number of ether oxygens (including phenoxy) is 1. The molecule has 116 valence electrons. The van der Waals surface area contributed by atoms with E-state index in [-0.39, 0.29) is 11.9 Å². The van der Waals surface area contributed by atoms with Gasteiger partial charge in [0.25, 0.3) is 5.91 Å². The van der Waals surface area contributed by atoms with E-state index in [0.717, 1.165) is 16.9 Å². The summed E-state index contributed by atoms with van der Waals surface area (Å²) in [5.41, 5.74) is 2.12. The molecule has 22 heavy (non-hydrogen) atoms. The van der Waals surface area contributed by atoms with Crippen molar-refractivity contribution in [2.45, 2.75) is 39.3 Å². The standard InChI is InChI=1S/C19H23NO2/c1-4-17(22-18-13-9-8-10-14(18)2)19(21)20-15(3)16-11-6-5-7-12-16/h5-13,15,17H,4H2,1-3H3,(H,20,21)/t15-,17-/m1/s1. The molecule has 3 heteroatoms. The number of benzene rings is 2. The Bertz CT molecular complexity index is 610. The first-order valence-corrected chi connectivity index (χ1v) is 7.69. The Balaban J connectivity index is 2.02. The van der Waals surface area contributed by atoms with Crippen molar-refractivity contribution in [3.63, 3.8) is 0 Å². The normalized spacial score (nSPS) is 13.2. The molecule has 0 aromatic heterocycles. The van der Waals surface area contributed by atoms with Crippen LogP contribution in [0.4, 0.5) is 0 Å². The highest BCUT2D eigenvalue weighted by atomic mass is 16.5. The van der Waals surface area contributed by atoms with Gasteiger partial charge in [-0.2, -0.15) is 0 Å². The van der Waals surface area contributed by atoms with Crippen molar-refractivity contribution in [3.8, 4) is 5.75 Å². The van der Waals surface area contributed by atoms with Crippen molar-refractivity contribution in [1.82, 2.24) is 5.32 Å². The van der Waals surface area contributed by atoms with Gasteiger partial charge in [0, 0.05) is 0 Å². The van der Waals surface area contributed by atoms with Crippen LogP contribution in [0.2, 0.25) is 0 Å². The summed E-state index contributed by atoms with van der Waals surface area (Å²) in [4.78, 5) is 12.4. The van der Waals surface area contributed by atoms with Crippen LogP contribution in [-0.2, 0) is 4.79 Å². The fraction of sp³-hybridized carbons (Fsp3) is 0.316. The number of carbonyl (C=O) groups excluding carboxylic acids is 1. The van der Waals surface area contributed by atoms with Crippen LogP contribution in [0.5, 0.6) is 5.75 Å². The van der Waals surface area contributed by atoms with Gasteiger partial charge in [-0.25, -0.2) is 0 Å². The van der Waals surface area contributed by atoms with Gasteiger partial charge in [-0.3, -0.25) is 4.79 Å². The third-order valence-electron chi connectivity index (χ3n) is 3.68. The second-order valence-corrected chi connectivity index (χ2v) is 5.42. The number of hydrogen-bond donors (Lipinski definition) is 1. The number of rotatable bonds is 6. The summed E-state index contributed by atoms with van der Waals surface area (Å²) in [6.07, 6.45) is 0.147. The molecule has 2 aromatic rings. The van der Waals surface area contributed by atoms with E-state index >= 15 is 0 Å². The predicted octanol–water partition coefficient (Wildman–Crippen LogP) is 4.03. The molecule has 1 N–H and O–H groups in total. The fourth-order valence-electron chi connectivity index (χ4n) is 2.30. The fourth-order valence-corrected chi connectivity index (χ4v) is 2.30. The monoisotopic (exact) mass is 297 g/mol. The van der Waals surface area contributed by atoms with E-state index in [1.54, 1.807) is 0 Å². The van der Waals surface area contributed by atoms with Gasteiger partial charge >= 0.3 is 0 Å². The molecule has 1 amide bonds. The highest BCUT2D eigenvalue weighted by Gasteiger charge is 2.21. The first-order valence-electron chi connectivity index (χ1n) is 7.69.